The van der Waals surface area contributed by atoms with E-state index in [0.29, 0.717) is 5.92 Å². The number of fused-ring (bicyclic) bond motifs is 3. The average Bonchev–Trinajstić information content (AvgIpc) is 2.89. The van der Waals surface area contributed by atoms with Crippen molar-refractivity contribution in [2.45, 2.75) is 18.5 Å². The summed E-state index contributed by atoms with van der Waals surface area (Å²) in [6.45, 7) is 0.850. The molecule has 6 rings (SSSR count). The van der Waals surface area contributed by atoms with Crippen molar-refractivity contribution >= 4 is 28.3 Å². The second kappa shape index (κ2) is 8.60. The second-order valence-electron chi connectivity index (χ2n) is 8.95. The lowest BCUT2D eigenvalue weighted by Crippen LogP contribution is -2.43. The van der Waals surface area contributed by atoms with Crippen LogP contribution < -0.4 is 16.0 Å². The molecular weight excluding hydrogens is 414 g/mol. The van der Waals surface area contributed by atoms with Gasteiger partial charge in [0, 0.05) is 23.8 Å². The molecule has 0 fully saturated rings. The van der Waals surface area contributed by atoms with Gasteiger partial charge in [0.15, 0.2) is 0 Å². The Labute approximate surface area is 200 Å². The van der Waals surface area contributed by atoms with Gasteiger partial charge in [0.1, 0.15) is 0 Å². The molecule has 2 unspecified atom stereocenters. The second-order valence-corrected chi connectivity index (χ2v) is 8.95. The first-order valence-electron chi connectivity index (χ1n) is 11.8. The highest BCUT2D eigenvalue weighted by molar-refractivity contribution is 5.80. The molecule has 0 spiro atoms. The molecule has 166 valence electrons. The predicted molar refractivity (Wildman–Crippen MR) is 143 cm³/mol. The summed E-state index contributed by atoms with van der Waals surface area (Å²) in [6, 6.07) is 36.1. The topological polar surface area (TPSA) is 41.3 Å². The van der Waals surface area contributed by atoms with E-state index >= 15 is 0 Å². The number of nitrogens with one attached hydrogen (secondary N) is 1. The van der Waals surface area contributed by atoms with Crippen LogP contribution >= 0.6 is 0 Å². The van der Waals surface area contributed by atoms with Gasteiger partial charge < -0.3 is 16.0 Å². The number of anilines is 4. The number of benzene rings is 4. The molecule has 0 radical (unpaired) electrons. The third kappa shape index (κ3) is 3.75. The van der Waals surface area contributed by atoms with Crippen molar-refractivity contribution in [3.63, 3.8) is 0 Å². The van der Waals surface area contributed by atoms with Crippen LogP contribution in [0.5, 0.6) is 0 Å². The minimum Gasteiger partial charge on any atom is -0.397 e. The van der Waals surface area contributed by atoms with Crippen molar-refractivity contribution < 1.29 is 0 Å². The Hall–Kier alpha value is -4.24. The summed E-state index contributed by atoms with van der Waals surface area (Å²) >= 11 is 0. The smallest absolute Gasteiger partial charge is 0.0608 e. The SMILES string of the molecule is Nc1ccccc1N1Cc2ccccc2C2C=CC(c3ccc(Nc4ccccc4)cc3)=CC21. The molecule has 2 aliphatic rings. The molecule has 0 saturated heterocycles. The summed E-state index contributed by atoms with van der Waals surface area (Å²) in [5.41, 5.74) is 15.8. The lowest BCUT2D eigenvalue weighted by molar-refractivity contribution is 0.585. The third-order valence-electron chi connectivity index (χ3n) is 6.84. The molecule has 3 N–H and O–H groups in total. The average molecular weight is 442 g/mol. The van der Waals surface area contributed by atoms with Crippen LogP contribution in [0.4, 0.5) is 22.7 Å². The van der Waals surface area contributed by atoms with Crippen molar-refractivity contribution in [2.75, 3.05) is 16.0 Å². The lowest BCUT2D eigenvalue weighted by atomic mass is 9.78. The number of allylic oxidation sites excluding steroid dienone is 2. The van der Waals surface area contributed by atoms with Gasteiger partial charge in [-0.2, -0.15) is 0 Å². The van der Waals surface area contributed by atoms with Crippen molar-refractivity contribution in [1.29, 1.82) is 0 Å². The summed E-state index contributed by atoms with van der Waals surface area (Å²) in [5.74, 6) is 0.298. The van der Waals surface area contributed by atoms with Crippen LogP contribution in [0.1, 0.15) is 22.6 Å². The van der Waals surface area contributed by atoms with Gasteiger partial charge in [-0.05, 0) is 58.7 Å². The maximum atomic E-state index is 6.43. The Kier molecular flexibility index (Phi) is 5.15. The monoisotopic (exact) mass is 441 g/mol. The van der Waals surface area contributed by atoms with E-state index in [9.17, 15) is 0 Å². The molecule has 1 heterocycles. The molecule has 2 atom stereocenters. The lowest BCUT2D eigenvalue weighted by Gasteiger charge is -2.43. The highest BCUT2D eigenvalue weighted by atomic mass is 15.2. The highest BCUT2D eigenvalue weighted by Crippen LogP contribution is 2.43. The first-order valence-corrected chi connectivity index (χ1v) is 11.8. The van der Waals surface area contributed by atoms with Gasteiger partial charge in [-0.3, -0.25) is 0 Å². The molecule has 34 heavy (non-hydrogen) atoms. The Morgan fingerprint density at radius 3 is 2.26 bits per heavy atom. The van der Waals surface area contributed by atoms with Crippen molar-refractivity contribution in [1.82, 2.24) is 0 Å². The third-order valence-corrected chi connectivity index (χ3v) is 6.84. The van der Waals surface area contributed by atoms with Crippen molar-refractivity contribution in [2.24, 2.45) is 0 Å². The molecule has 1 aliphatic carbocycles. The van der Waals surface area contributed by atoms with Gasteiger partial charge in [0.05, 0.1) is 17.4 Å². The number of para-hydroxylation sites is 3. The zero-order valence-electron chi connectivity index (χ0n) is 18.9. The van der Waals surface area contributed by atoms with Crippen LogP contribution in [0.25, 0.3) is 5.57 Å². The molecule has 0 saturated carbocycles. The molecular formula is C31H27N3. The van der Waals surface area contributed by atoms with E-state index in [-0.39, 0.29) is 6.04 Å². The maximum absolute atomic E-state index is 6.43. The van der Waals surface area contributed by atoms with Crippen LogP contribution in [0.2, 0.25) is 0 Å². The molecule has 0 amide bonds. The van der Waals surface area contributed by atoms with Gasteiger partial charge in [-0.1, -0.05) is 85.0 Å². The summed E-state index contributed by atoms with van der Waals surface area (Å²) < 4.78 is 0. The maximum Gasteiger partial charge on any atom is 0.0608 e. The molecule has 0 bridgehead atoms. The van der Waals surface area contributed by atoms with E-state index in [1.54, 1.807) is 0 Å². The molecule has 3 heteroatoms. The molecule has 3 nitrogen and oxygen atoms in total. The normalized spacial score (nSPS) is 18.6. The zero-order chi connectivity index (χ0) is 22.9. The summed E-state index contributed by atoms with van der Waals surface area (Å²) in [5, 5.41) is 3.47. The first-order chi connectivity index (χ1) is 16.8. The van der Waals surface area contributed by atoms with E-state index in [1.165, 1.54) is 22.3 Å². The zero-order valence-corrected chi connectivity index (χ0v) is 18.9. The minimum atomic E-state index is 0.210. The van der Waals surface area contributed by atoms with Crippen LogP contribution in [-0.2, 0) is 6.54 Å². The van der Waals surface area contributed by atoms with Crippen LogP contribution in [0.3, 0.4) is 0 Å². The van der Waals surface area contributed by atoms with Gasteiger partial charge in [0.25, 0.3) is 0 Å². The van der Waals surface area contributed by atoms with Gasteiger partial charge in [-0.15, -0.1) is 0 Å². The van der Waals surface area contributed by atoms with Gasteiger partial charge in [0.2, 0.25) is 0 Å². The summed E-state index contributed by atoms with van der Waals surface area (Å²) in [4.78, 5) is 2.46. The summed E-state index contributed by atoms with van der Waals surface area (Å²) in [7, 11) is 0. The Morgan fingerprint density at radius 2 is 1.44 bits per heavy atom. The number of rotatable bonds is 4. The van der Waals surface area contributed by atoms with E-state index in [1.807, 2.05) is 30.3 Å². The number of nitrogen functional groups attached to an aromatic ring is 1. The minimum absolute atomic E-state index is 0.210. The molecule has 1 aliphatic heterocycles. The van der Waals surface area contributed by atoms with E-state index < -0.39 is 0 Å². The number of nitrogens with two attached hydrogens (primary N) is 1. The quantitative estimate of drug-likeness (QED) is 0.331. The Balaban J connectivity index is 1.34. The van der Waals surface area contributed by atoms with Crippen molar-refractivity contribution in [3.8, 4) is 0 Å². The highest BCUT2D eigenvalue weighted by Gasteiger charge is 2.34. The standard InChI is InChI=1S/C31H27N3/c32-29-12-6-7-13-30(29)34-21-24-8-4-5-11-27(24)28-19-16-23(20-31(28)34)22-14-17-26(18-15-22)33-25-9-2-1-3-10-25/h1-20,28,31,33H,21,32H2. The molecule has 4 aromatic carbocycles. The Morgan fingerprint density at radius 1 is 0.735 bits per heavy atom. The Bertz CT molecular complexity index is 1370. The number of nitrogens with zero attached hydrogens (tertiary/aromatic N) is 1. The van der Waals surface area contributed by atoms with Crippen molar-refractivity contribution in [3.05, 3.63) is 138 Å². The predicted octanol–water partition coefficient (Wildman–Crippen LogP) is 7.14. The van der Waals surface area contributed by atoms with Crippen LogP contribution in [0, 0.1) is 0 Å². The first kappa shape index (κ1) is 20.4. The van der Waals surface area contributed by atoms with E-state index in [2.05, 4.69) is 101 Å². The number of hydrogen-bond donors (Lipinski definition) is 2. The molecule has 4 aromatic rings. The van der Waals surface area contributed by atoms with E-state index in [0.717, 1.165) is 29.3 Å². The molecule has 0 aromatic heterocycles. The fourth-order valence-corrected chi connectivity index (χ4v) is 5.15. The van der Waals surface area contributed by atoms with Crippen LogP contribution in [-0.4, -0.2) is 6.04 Å². The van der Waals surface area contributed by atoms with Gasteiger partial charge >= 0.3 is 0 Å². The largest absolute Gasteiger partial charge is 0.397 e. The van der Waals surface area contributed by atoms with Gasteiger partial charge in [-0.25, -0.2) is 0 Å². The van der Waals surface area contributed by atoms with Crippen LogP contribution in [0.15, 0.2) is 121 Å². The van der Waals surface area contributed by atoms with E-state index in [4.69, 9.17) is 5.73 Å². The fourth-order valence-electron chi connectivity index (χ4n) is 5.15. The number of hydrogen-bond acceptors (Lipinski definition) is 3. The summed E-state index contributed by atoms with van der Waals surface area (Å²) in [6.07, 6.45) is 7.04. The fraction of sp³-hybridized carbons (Fsp3) is 0.0968.